The van der Waals surface area contributed by atoms with Crippen LogP contribution in [0.25, 0.3) is 55.7 Å². The van der Waals surface area contributed by atoms with Gasteiger partial charge in [-0.25, -0.2) is 4.98 Å². The minimum Gasteiger partial charge on any atom is -0.309 e. The first kappa shape index (κ1) is 18.8. The Labute approximate surface area is 196 Å². The maximum atomic E-state index is 5.00. The Kier molecular flexibility index (Phi) is 4.11. The predicted octanol–water partition coefficient (Wildman–Crippen LogP) is 7.16. The van der Waals surface area contributed by atoms with E-state index in [0.717, 1.165) is 44.8 Å². The van der Waals surface area contributed by atoms with Gasteiger partial charge in [-0.15, -0.1) is 0 Å². The van der Waals surface area contributed by atoms with Gasteiger partial charge in [0.05, 0.1) is 22.4 Å². The standard InChI is InChI=1S/C30H20N4/c1-2-8-22(9-3-1)30-29(32-28-12-6-7-19-33(28)30)21-13-15-23(16-14-21)34-26-11-5-4-10-24(26)25-20-31-18-17-27(25)34/h1-20H. The molecule has 0 saturated carbocycles. The molecule has 160 valence electrons. The van der Waals surface area contributed by atoms with Gasteiger partial charge in [0.1, 0.15) is 5.65 Å². The quantitative estimate of drug-likeness (QED) is 0.295. The van der Waals surface area contributed by atoms with E-state index in [1.54, 1.807) is 0 Å². The molecule has 4 nitrogen and oxygen atoms in total. The number of aromatic nitrogens is 4. The highest BCUT2D eigenvalue weighted by molar-refractivity contribution is 6.08. The Hall–Kier alpha value is -4.70. The van der Waals surface area contributed by atoms with Crippen LogP contribution in [0.2, 0.25) is 0 Å². The van der Waals surface area contributed by atoms with Crippen molar-refractivity contribution in [2.75, 3.05) is 0 Å². The van der Waals surface area contributed by atoms with Gasteiger partial charge in [-0.05, 0) is 36.4 Å². The van der Waals surface area contributed by atoms with Crippen LogP contribution in [0.1, 0.15) is 0 Å². The third-order valence-electron chi connectivity index (χ3n) is 6.45. The van der Waals surface area contributed by atoms with Gasteiger partial charge in [0.25, 0.3) is 0 Å². The Bertz CT molecular complexity index is 1740. The number of pyridine rings is 2. The summed E-state index contributed by atoms with van der Waals surface area (Å²) in [5.74, 6) is 0. The third kappa shape index (κ3) is 2.79. The van der Waals surface area contributed by atoms with Gasteiger partial charge < -0.3 is 4.57 Å². The maximum absolute atomic E-state index is 5.00. The minimum absolute atomic E-state index is 0.940. The molecular weight excluding hydrogens is 416 g/mol. The maximum Gasteiger partial charge on any atom is 0.137 e. The number of imidazole rings is 1. The van der Waals surface area contributed by atoms with E-state index in [2.05, 4.69) is 105 Å². The van der Waals surface area contributed by atoms with Gasteiger partial charge >= 0.3 is 0 Å². The van der Waals surface area contributed by atoms with Crippen molar-refractivity contribution in [1.29, 1.82) is 0 Å². The summed E-state index contributed by atoms with van der Waals surface area (Å²) in [5.41, 5.74) is 8.71. The molecule has 0 atom stereocenters. The summed E-state index contributed by atoms with van der Waals surface area (Å²) in [6.07, 6.45) is 5.88. The molecule has 0 fully saturated rings. The molecule has 0 spiro atoms. The van der Waals surface area contributed by atoms with Crippen LogP contribution in [-0.4, -0.2) is 18.9 Å². The van der Waals surface area contributed by atoms with Gasteiger partial charge in [0.15, 0.2) is 0 Å². The number of benzene rings is 3. The third-order valence-corrected chi connectivity index (χ3v) is 6.45. The highest BCUT2D eigenvalue weighted by Gasteiger charge is 2.16. The lowest BCUT2D eigenvalue weighted by atomic mass is 10.0. The number of fused-ring (bicyclic) bond motifs is 4. The van der Waals surface area contributed by atoms with Gasteiger partial charge in [-0.2, -0.15) is 0 Å². The van der Waals surface area contributed by atoms with Crippen LogP contribution in [0.4, 0.5) is 0 Å². The molecule has 0 aliphatic carbocycles. The van der Waals surface area contributed by atoms with Crippen molar-refractivity contribution in [3.63, 3.8) is 0 Å². The molecule has 7 rings (SSSR count). The topological polar surface area (TPSA) is 35.1 Å². The van der Waals surface area contributed by atoms with Crippen molar-refractivity contribution in [2.24, 2.45) is 0 Å². The zero-order chi connectivity index (χ0) is 22.5. The molecule has 34 heavy (non-hydrogen) atoms. The van der Waals surface area contributed by atoms with Crippen LogP contribution in [0.15, 0.2) is 122 Å². The minimum atomic E-state index is 0.940. The Morgan fingerprint density at radius 2 is 1.35 bits per heavy atom. The summed E-state index contributed by atoms with van der Waals surface area (Å²) >= 11 is 0. The summed E-state index contributed by atoms with van der Waals surface area (Å²) in [5, 5.41) is 2.37. The fraction of sp³-hybridized carbons (Fsp3) is 0. The number of nitrogens with zero attached hydrogens (tertiary/aromatic N) is 4. The first-order chi connectivity index (χ1) is 16.9. The van der Waals surface area contributed by atoms with Crippen LogP contribution >= 0.6 is 0 Å². The van der Waals surface area contributed by atoms with Crippen LogP contribution in [0.5, 0.6) is 0 Å². The molecule has 0 saturated heterocycles. The van der Waals surface area contributed by atoms with Crippen molar-refractivity contribution in [3.8, 4) is 28.2 Å². The predicted molar refractivity (Wildman–Crippen MR) is 138 cm³/mol. The zero-order valence-corrected chi connectivity index (χ0v) is 18.3. The summed E-state index contributed by atoms with van der Waals surface area (Å²) in [6, 6.07) is 35.9. The Morgan fingerprint density at radius 3 is 2.24 bits per heavy atom. The van der Waals surface area contributed by atoms with E-state index in [4.69, 9.17) is 4.98 Å². The van der Waals surface area contributed by atoms with Gasteiger partial charge in [0, 0.05) is 46.2 Å². The van der Waals surface area contributed by atoms with Crippen molar-refractivity contribution < 1.29 is 0 Å². The largest absolute Gasteiger partial charge is 0.309 e. The molecule has 0 aliphatic heterocycles. The van der Waals surface area contributed by atoms with Crippen LogP contribution < -0.4 is 0 Å². The van der Waals surface area contributed by atoms with E-state index < -0.39 is 0 Å². The number of rotatable bonds is 3. The zero-order valence-electron chi connectivity index (χ0n) is 18.3. The molecule has 0 bridgehead atoms. The lowest BCUT2D eigenvalue weighted by molar-refractivity contribution is 1.17. The second-order valence-electron chi connectivity index (χ2n) is 8.40. The van der Waals surface area contributed by atoms with Crippen LogP contribution in [-0.2, 0) is 0 Å². The van der Waals surface area contributed by atoms with Gasteiger partial charge in [-0.3, -0.25) is 9.38 Å². The lowest BCUT2D eigenvalue weighted by Gasteiger charge is -2.10. The molecule has 4 aromatic heterocycles. The highest BCUT2D eigenvalue weighted by atomic mass is 15.0. The van der Waals surface area contributed by atoms with Crippen molar-refractivity contribution >= 4 is 27.5 Å². The average molecular weight is 437 g/mol. The summed E-state index contributed by atoms with van der Waals surface area (Å²) in [4.78, 5) is 9.36. The molecule has 0 N–H and O–H groups in total. The van der Waals surface area contributed by atoms with E-state index >= 15 is 0 Å². The molecule has 4 heteroatoms. The molecule has 4 heterocycles. The molecule has 0 radical (unpaired) electrons. The van der Waals surface area contributed by atoms with Crippen LogP contribution in [0, 0.1) is 0 Å². The second kappa shape index (κ2) is 7.42. The number of hydrogen-bond donors (Lipinski definition) is 0. The first-order valence-electron chi connectivity index (χ1n) is 11.3. The van der Waals surface area contributed by atoms with Crippen LogP contribution in [0.3, 0.4) is 0 Å². The smallest absolute Gasteiger partial charge is 0.137 e. The molecule has 3 aromatic carbocycles. The summed E-state index contributed by atoms with van der Waals surface area (Å²) in [6.45, 7) is 0. The molecule has 0 amide bonds. The van der Waals surface area contributed by atoms with E-state index in [1.807, 2.05) is 30.6 Å². The fourth-order valence-corrected chi connectivity index (χ4v) is 4.93. The van der Waals surface area contributed by atoms with Gasteiger partial charge in [0.2, 0.25) is 0 Å². The van der Waals surface area contributed by atoms with E-state index in [9.17, 15) is 0 Å². The SMILES string of the molecule is c1ccc(-c2c(-c3ccc(-n4c5ccccc5c5cnccc54)cc3)nc3ccccn23)cc1. The Balaban J connectivity index is 1.42. The number of para-hydroxylation sites is 1. The number of hydrogen-bond acceptors (Lipinski definition) is 2. The lowest BCUT2D eigenvalue weighted by Crippen LogP contribution is -1.94. The second-order valence-corrected chi connectivity index (χ2v) is 8.40. The summed E-state index contributed by atoms with van der Waals surface area (Å²) < 4.78 is 4.47. The fourth-order valence-electron chi connectivity index (χ4n) is 4.93. The van der Waals surface area contributed by atoms with Crippen molar-refractivity contribution in [2.45, 2.75) is 0 Å². The molecule has 0 aliphatic rings. The van der Waals surface area contributed by atoms with E-state index in [-0.39, 0.29) is 0 Å². The average Bonchev–Trinajstić information content (AvgIpc) is 3.46. The summed E-state index contributed by atoms with van der Waals surface area (Å²) in [7, 11) is 0. The molecule has 0 unspecified atom stereocenters. The highest BCUT2D eigenvalue weighted by Crippen LogP contribution is 2.35. The Morgan fingerprint density at radius 1 is 0.588 bits per heavy atom. The molecule has 7 aromatic rings. The van der Waals surface area contributed by atoms with Crippen molar-refractivity contribution in [1.82, 2.24) is 18.9 Å². The van der Waals surface area contributed by atoms with E-state index in [0.29, 0.717) is 0 Å². The monoisotopic (exact) mass is 436 g/mol. The molecular formula is C30H20N4. The van der Waals surface area contributed by atoms with Crippen molar-refractivity contribution in [3.05, 3.63) is 122 Å². The van der Waals surface area contributed by atoms with Gasteiger partial charge in [-0.1, -0.05) is 66.7 Å². The normalized spacial score (nSPS) is 11.5. The first-order valence-corrected chi connectivity index (χ1v) is 11.3. The van der Waals surface area contributed by atoms with E-state index in [1.165, 1.54) is 10.9 Å².